The molecule has 2 aliphatic heterocycles. The maximum absolute atomic E-state index is 13.1. The zero-order valence-corrected chi connectivity index (χ0v) is 19.1. The van der Waals surface area contributed by atoms with E-state index in [1.807, 2.05) is 4.90 Å². The third-order valence-corrected chi connectivity index (χ3v) is 6.32. The highest BCUT2D eigenvalue weighted by molar-refractivity contribution is 5.96. The number of aromatic amines is 1. The smallest absolute Gasteiger partial charge is 0.254 e. The summed E-state index contributed by atoms with van der Waals surface area (Å²) in [6.07, 6.45) is 1.60. The molecule has 0 bridgehead atoms. The first-order valence-corrected chi connectivity index (χ1v) is 11.1. The van der Waals surface area contributed by atoms with Crippen LogP contribution < -0.4 is 15.4 Å². The van der Waals surface area contributed by atoms with Gasteiger partial charge >= 0.3 is 0 Å². The number of H-pyrrole nitrogens is 1. The summed E-state index contributed by atoms with van der Waals surface area (Å²) in [5, 5.41) is 16.1. The number of nitriles is 1. The van der Waals surface area contributed by atoms with E-state index >= 15 is 0 Å². The molecule has 4 heterocycles. The number of nitrogens with zero attached hydrogens (tertiary/aromatic N) is 5. The maximum atomic E-state index is 13.1. The van der Waals surface area contributed by atoms with Crippen molar-refractivity contribution in [2.75, 3.05) is 64.2 Å². The lowest BCUT2D eigenvalue weighted by atomic mass is 10.1. The van der Waals surface area contributed by atoms with Gasteiger partial charge in [0, 0.05) is 45.0 Å². The number of fused-ring (bicyclic) bond motifs is 1. The summed E-state index contributed by atoms with van der Waals surface area (Å²) >= 11 is 0. The quantitative estimate of drug-likeness (QED) is 0.501. The number of nitrogens with one attached hydrogen (secondary N) is 3. The number of carbonyl (C=O) groups excluding carboxylic acids is 1. The number of anilines is 3. The van der Waals surface area contributed by atoms with E-state index in [9.17, 15) is 10.1 Å². The second-order valence-corrected chi connectivity index (χ2v) is 8.24. The van der Waals surface area contributed by atoms with Crippen LogP contribution in [0.4, 0.5) is 17.5 Å². The normalized spacial score (nSPS) is 16.7. The Balaban J connectivity index is 1.33. The lowest BCUT2D eigenvalue weighted by molar-refractivity contribution is -0.0746. The molecular formula is C23H26N8O3. The molecule has 2 aromatic heterocycles. The van der Waals surface area contributed by atoms with E-state index in [1.54, 1.807) is 38.6 Å². The molecule has 0 spiro atoms. The number of amides is 1. The van der Waals surface area contributed by atoms with Gasteiger partial charge in [-0.3, -0.25) is 9.69 Å². The Labute approximate surface area is 196 Å². The van der Waals surface area contributed by atoms with Crippen molar-refractivity contribution in [3.8, 4) is 11.8 Å². The largest absolute Gasteiger partial charge is 0.495 e. The molecule has 5 rings (SSSR count). The van der Waals surface area contributed by atoms with Crippen LogP contribution in [0.1, 0.15) is 15.9 Å². The zero-order valence-electron chi connectivity index (χ0n) is 19.1. The van der Waals surface area contributed by atoms with Gasteiger partial charge in [-0.05, 0) is 18.2 Å². The monoisotopic (exact) mass is 462 g/mol. The Morgan fingerprint density at radius 3 is 2.71 bits per heavy atom. The van der Waals surface area contributed by atoms with Crippen molar-refractivity contribution in [1.29, 1.82) is 5.26 Å². The van der Waals surface area contributed by atoms with E-state index < -0.39 is 0 Å². The van der Waals surface area contributed by atoms with Gasteiger partial charge in [-0.1, -0.05) is 0 Å². The van der Waals surface area contributed by atoms with Crippen LogP contribution in [-0.4, -0.2) is 90.3 Å². The molecule has 11 heteroatoms. The van der Waals surface area contributed by atoms with Crippen molar-refractivity contribution in [3.63, 3.8) is 0 Å². The highest BCUT2D eigenvalue weighted by atomic mass is 16.5. The average Bonchev–Trinajstić information content (AvgIpc) is 3.26. The Hall–Kier alpha value is -3.88. The van der Waals surface area contributed by atoms with Crippen molar-refractivity contribution in [2.45, 2.75) is 6.04 Å². The van der Waals surface area contributed by atoms with E-state index in [1.165, 1.54) is 0 Å². The molecular weight excluding hydrogens is 436 g/mol. The first-order chi connectivity index (χ1) is 16.6. The molecule has 1 amide bonds. The van der Waals surface area contributed by atoms with Gasteiger partial charge in [0.05, 0.1) is 43.0 Å². The van der Waals surface area contributed by atoms with Crippen molar-refractivity contribution >= 4 is 34.4 Å². The zero-order chi connectivity index (χ0) is 23.7. The van der Waals surface area contributed by atoms with Crippen molar-refractivity contribution in [1.82, 2.24) is 24.8 Å². The molecule has 3 aromatic rings. The number of hydrogen-bond donors (Lipinski definition) is 3. The van der Waals surface area contributed by atoms with E-state index in [0.717, 1.165) is 26.3 Å². The molecule has 2 aliphatic rings. The van der Waals surface area contributed by atoms with Gasteiger partial charge < -0.3 is 30.0 Å². The molecule has 1 aromatic carbocycles. The minimum Gasteiger partial charge on any atom is -0.495 e. The predicted octanol–water partition coefficient (Wildman–Crippen LogP) is 1.78. The van der Waals surface area contributed by atoms with Gasteiger partial charge in [-0.2, -0.15) is 15.2 Å². The predicted molar refractivity (Wildman–Crippen MR) is 127 cm³/mol. The van der Waals surface area contributed by atoms with E-state index in [2.05, 4.69) is 36.6 Å². The van der Waals surface area contributed by atoms with Gasteiger partial charge in [-0.25, -0.2) is 0 Å². The first-order valence-electron chi connectivity index (χ1n) is 11.1. The first kappa shape index (κ1) is 21.9. The standard InChI is InChI=1S/C23H26N8O3/c1-25-20-19-15(10-24)11-26-21(19)29-23(28-20)27-17-4-3-14(9-18(17)33-2)22(32)31-7-5-30(6-8-31)16-12-34-13-16/h3-4,9,11,16H,5-8,12-13H2,1-2H3,(H3,25,26,27,28,29). The van der Waals surface area contributed by atoms with Gasteiger partial charge in [0.1, 0.15) is 23.3 Å². The van der Waals surface area contributed by atoms with E-state index in [-0.39, 0.29) is 5.91 Å². The molecule has 2 saturated heterocycles. The number of ether oxygens (including phenoxy) is 2. The lowest BCUT2D eigenvalue weighted by Crippen LogP contribution is -2.57. The molecule has 0 atom stereocenters. The van der Waals surface area contributed by atoms with Gasteiger partial charge in [0.25, 0.3) is 5.91 Å². The van der Waals surface area contributed by atoms with Gasteiger partial charge in [0.2, 0.25) is 5.95 Å². The summed E-state index contributed by atoms with van der Waals surface area (Å²) < 4.78 is 10.8. The van der Waals surface area contributed by atoms with Crippen LogP contribution in [0.3, 0.4) is 0 Å². The minimum atomic E-state index is -0.0140. The Bertz CT molecular complexity index is 1260. The Morgan fingerprint density at radius 2 is 2.06 bits per heavy atom. The fourth-order valence-corrected chi connectivity index (χ4v) is 4.31. The lowest BCUT2D eigenvalue weighted by Gasteiger charge is -2.42. The molecule has 0 saturated carbocycles. The number of piperazine rings is 1. The molecule has 11 nitrogen and oxygen atoms in total. The van der Waals surface area contributed by atoms with Crippen LogP contribution in [0, 0.1) is 11.3 Å². The molecule has 2 fully saturated rings. The van der Waals surface area contributed by atoms with Crippen molar-refractivity contribution in [2.24, 2.45) is 0 Å². The Kier molecular flexibility index (Phi) is 5.91. The van der Waals surface area contributed by atoms with Crippen molar-refractivity contribution in [3.05, 3.63) is 35.5 Å². The highest BCUT2D eigenvalue weighted by Gasteiger charge is 2.30. The molecule has 0 unspecified atom stereocenters. The SMILES string of the molecule is CNc1nc(Nc2ccc(C(=O)N3CCN(C4COC4)CC3)cc2OC)nc2[nH]cc(C#N)c12. The highest BCUT2D eigenvalue weighted by Crippen LogP contribution is 2.31. The second kappa shape index (κ2) is 9.17. The van der Waals surface area contributed by atoms with Crippen LogP contribution in [0.25, 0.3) is 11.0 Å². The third kappa shape index (κ3) is 3.98. The maximum Gasteiger partial charge on any atom is 0.254 e. The summed E-state index contributed by atoms with van der Waals surface area (Å²) in [4.78, 5) is 29.3. The second-order valence-electron chi connectivity index (χ2n) is 8.24. The molecule has 176 valence electrons. The summed E-state index contributed by atoms with van der Waals surface area (Å²) in [5.41, 5.74) is 2.20. The fraction of sp³-hybridized carbons (Fsp3) is 0.391. The summed E-state index contributed by atoms with van der Waals surface area (Å²) in [6, 6.07) is 7.92. The third-order valence-electron chi connectivity index (χ3n) is 6.32. The molecule has 3 N–H and O–H groups in total. The van der Waals surface area contributed by atoms with Crippen molar-refractivity contribution < 1.29 is 14.3 Å². The summed E-state index contributed by atoms with van der Waals surface area (Å²) in [7, 11) is 3.29. The molecule has 34 heavy (non-hydrogen) atoms. The number of carbonyl (C=O) groups is 1. The number of aromatic nitrogens is 3. The number of benzene rings is 1. The molecule has 0 radical (unpaired) electrons. The van der Waals surface area contributed by atoms with Crippen LogP contribution in [0.5, 0.6) is 5.75 Å². The number of rotatable bonds is 6. The van der Waals surface area contributed by atoms with E-state index in [0.29, 0.717) is 64.5 Å². The summed E-state index contributed by atoms with van der Waals surface area (Å²) in [5.74, 6) is 1.36. The van der Waals surface area contributed by atoms with Crippen LogP contribution in [-0.2, 0) is 4.74 Å². The topological polar surface area (TPSA) is 131 Å². The van der Waals surface area contributed by atoms with Crippen LogP contribution in [0.2, 0.25) is 0 Å². The molecule has 0 aliphatic carbocycles. The van der Waals surface area contributed by atoms with Crippen LogP contribution >= 0.6 is 0 Å². The number of methoxy groups -OCH3 is 1. The van der Waals surface area contributed by atoms with Gasteiger partial charge in [0.15, 0.2) is 0 Å². The fourth-order valence-electron chi connectivity index (χ4n) is 4.31. The number of hydrogen-bond acceptors (Lipinski definition) is 9. The van der Waals surface area contributed by atoms with E-state index in [4.69, 9.17) is 9.47 Å². The minimum absolute atomic E-state index is 0.0140. The average molecular weight is 463 g/mol. The van der Waals surface area contributed by atoms with Crippen LogP contribution in [0.15, 0.2) is 24.4 Å². The Morgan fingerprint density at radius 1 is 1.26 bits per heavy atom. The van der Waals surface area contributed by atoms with Gasteiger partial charge in [-0.15, -0.1) is 0 Å². The summed E-state index contributed by atoms with van der Waals surface area (Å²) in [6.45, 7) is 4.68.